The molecule has 2 aliphatic carbocycles. The first-order chi connectivity index (χ1) is 10.6. The molecule has 2 atom stereocenters. The first-order valence-corrected chi connectivity index (χ1v) is 8.41. The number of carbonyl (C=O) groups excluding carboxylic acids is 2. The molecule has 1 heterocycles. The van der Waals surface area contributed by atoms with Crippen LogP contribution in [0.3, 0.4) is 0 Å². The second kappa shape index (κ2) is 6.13. The van der Waals surface area contributed by atoms with Gasteiger partial charge in [0.05, 0.1) is 5.92 Å². The van der Waals surface area contributed by atoms with Crippen LogP contribution in [0.5, 0.6) is 5.88 Å². The summed E-state index contributed by atoms with van der Waals surface area (Å²) in [5.41, 5.74) is 1.44. The van der Waals surface area contributed by atoms with Crippen molar-refractivity contribution in [3.05, 3.63) is 23.4 Å². The molecule has 2 unspecified atom stereocenters. The zero-order valence-electron chi connectivity index (χ0n) is 12.4. The molecule has 2 aliphatic rings. The van der Waals surface area contributed by atoms with E-state index in [1.165, 1.54) is 18.0 Å². The second-order valence-electron chi connectivity index (χ2n) is 5.95. The van der Waals surface area contributed by atoms with E-state index < -0.39 is 0 Å². The highest BCUT2D eigenvalue weighted by Gasteiger charge is 2.41. The molecule has 0 radical (unpaired) electrons. The standard InChI is InChI=1S/C17H17NO3S/c1-3-11-8-18-15(21-16(19)14-6-10(14)2)7-13(11)9-22-17(20)12-4-5-12/h1,7-8,10,12,14H,4-6,9H2,2H3. The van der Waals surface area contributed by atoms with Gasteiger partial charge in [-0.1, -0.05) is 24.6 Å². The third-order valence-electron chi connectivity index (χ3n) is 4.02. The molecule has 0 N–H and O–H groups in total. The van der Waals surface area contributed by atoms with Crippen molar-refractivity contribution in [2.24, 2.45) is 17.8 Å². The van der Waals surface area contributed by atoms with Gasteiger partial charge in [0.1, 0.15) is 0 Å². The van der Waals surface area contributed by atoms with Gasteiger partial charge in [0.25, 0.3) is 0 Å². The SMILES string of the molecule is C#Cc1cnc(OC(=O)C2CC2C)cc1CSC(=O)C1CC1. The largest absolute Gasteiger partial charge is 0.407 e. The number of ether oxygens (including phenoxy) is 1. The van der Waals surface area contributed by atoms with Crippen molar-refractivity contribution < 1.29 is 14.3 Å². The number of aromatic nitrogens is 1. The lowest BCUT2D eigenvalue weighted by molar-refractivity contribution is -0.136. The molecule has 0 amide bonds. The van der Waals surface area contributed by atoms with Crippen molar-refractivity contribution in [1.29, 1.82) is 0 Å². The van der Waals surface area contributed by atoms with Crippen LogP contribution in [0.4, 0.5) is 0 Å². The summed E-state index contributed by atoms with van der Waals surface area (Å²) < 4.78 is 5.30. The minimum absolute atomic E-state index is 0.0108. The number of hydrogen-bond acceptors (Lipinski definition) is 5. The van der Waals surface area contributed by atoms with Gasteiger partial charge in [0.15, 0.2) is 5.12 Å². The molecule has 0 saturated heterocycles. The maximum absolute atomic E-state index is 11.9. The zero-order chi connectivity index (χ0) is 15.7. The summed E-state index contributed by atoms with van der Waals surface area (Å²) >= 11 is 1.27. The smallest absolute Gasteiger partial charge is 0.315 e. The number of esters is 1. The monoisotopic (exact) mass is 315 g/mol. The van der Waals surface area contributed by atoms with Gasteiger partial charge in [-0.2, -0.15) is 0 Å². The first kappa shape index (κ1) is 15.1. The molecule has 3 rings (SSSR count). The van der Waals surface area contributed by atoms with Crippen LogP contribution in [-0.2, 0) is 15.3 Å². The molecular weight excluding hydrogens is 298 g/mol. The third-order valence-corrected chi connectivity index (χ3v) is 5.09. The molecule has 2 fully saturated rings. The van der Waals surface area contributed by atoms with Gasteiger partial charge in [-0.05, 0) is 30.7 Å². The maximum atomic E-state index is 11.9. The van der Waals surface area contributed by atoms with Gasteiger partial charge >= 0.3 is 5.97 Å². The average molecular weight is 315 g/mol. The van der Waals surface area contributed by atoms with Crippen molar-refractivity contribution in [2.45, 2.75) is 31.9 Å². The Morgan fingerprint density at radius 2 is 2.23 bits per heavy atom. The summed E-state index contributed by atoms with van der Waals surface area (Å²) in [4.78, 5) is 27.7. The molecule has 22 heavy (non-hydrogen) atoms. The fourth-order valence-electron chi connectivity index (χ4n) is 2.20. The molecule has 5 heteroatoms. The van der Waals surface area contributed by atoms with Crippen LogP contribution in [0.1, 0.15) is 37.3 Å². The van der Waals surface area contributed by atoms with E-state index in [1.54, 1.807) is 6.07 Å². The number of thioether (sulfide) groups is 1. The summed E-state index contributed by atoms with van der Waals surface area (Å²) in [6, 6.07) is 1.67. The third kappa shape index (κ3) is 3.50. The minimum atomic E-state index is -0.235. The van der Waals surface area contributed by atoms with Crippen LogP contribution >= 0.6 is 11.8 Å². The van der Waals surface area contributed by atoms with Gasteiger partial charge in [0, 0.05) is 29.5 Å². The lowest BCUT2D eigenvalue weighted by Gasteiger charge is -2.07. The highest BCUT2D eigenvalue weighted by atomic mass is 32.2. The summed E-state index contributed by atoms with van der Waals surface area (Å²) in [6.45, 7) is 2.02. The van der Waals surface area contributed by atoms with Crippen molar-refractivity contribution in [3.8, 4) is 18.2 Å². The van der Waals surface area contributed by atoms with Gasteiger partial charge in [-0.3, -0.25) is 9.59 Å². The van der Waals surface area contributed by atoms with E-state index in [4.69, 9.17) is 11.2 Å². The lowest BCUT2D eigenvalue weighted by atomic mass is 10.2. The highest BCUT2D eigenvalue weighted by Crippen LogP contribution is 2.39. The Morgan fingerprint density at radius 1 is 1.50 bits per heavy atom. The Morgan fingerprint density at radius 3 is 2.82 bits per heavy atom. The Bertz CT molecular complexity index is 660. The minimum Gasteiger partial charge on any atom is -0.407 e. The molecule has 0 bridgehead atoms. The molecule has 1 aromatic rings. The Kier molecular flexibility index (Phi) is 4.21. The van der Waals surface area contributed by atoms with Crippen LogP contribution in [0.2, 0.25) is 0 Å². The van der Waals surface area contributed by atoms with Crippen LogP contribution in [0, 0.1) is 30.1 Å². The lowest BCUT2D eigenvalue weighted by Crippen LogP contribution is -2.12. The summed E-state index contributed by atoms with van der Waals surface area (Å²) in [6.07, 6.45) is 9.85. The van der Waals surface area contributed by atoms with Crippen molar-refractivity contribution >= 4 is 22.8 Å². The van der Waals surface area contributed by atoms with Crippen molar-refractivity contribution in [1.82, 2.24) is 4.98 Å². The van der Waals surface area contributed by atoms with E-state index in [-0.39, 0.29) is 28.8 Å². The maximum Gasteiger partial charge on any atom is 0.315 e. The van der Waals surface area contributed by atoms with Crippen LogP contribution in [-0.4, -0.2) is 16.1 Å². The van der Waals surface area contributed by atoms with Crippen molar-refractivity contribution in [3.63, 3.8) is 0 Å². The molecule has 4 nitrogen and oxygen atoms in total. The molecule has 114 valence electrons. The quantitative estimate of drug-likeness (QED) is 0.618. The van der Waals surface area contributed by atoms with Gasteiger partial charge < -0.3 is 4.74 Å². The number of nitrogens with zero attached hydrogens (tertiary/aromatic N) is 1. The predicted molar refractivity (Wildman–Crippen MR) is 84.1 cm³/mol. The van der Waals surface area contributed by atoms with Gasteiger partial charge in [-0.15, -0.1) is 6.42 Å². The molecule has 2 saturated carbocycles. The topological polar surface area (TPSA) is 56.3 Å². The van der Waals surface area contributed by atoms with Crippen molar-refractivity contribution in [2.75, 3.05) is 0 Å². The Balaban J connectivity index is 1.67. The number of rotatable bonds is 5. The summed E-state index contributed by atoms with van der Waals surface area (Å²) in [5, 5.41) is 0.213. The zero-order valence-corrected chi connectivity index (χ0v) is 13.2. The van der Waals surface area contributed by atoms with Crippen LogP contribution < -0.4 is 4.74 Å². The Labute approximate surface area is 134 Å². The van der Waals surface area contributed by atoms with Crippen LogP contribution in [0.15, 0.2) is 12.3 Å². The van der Waals surface area contributed by atoms with Gasteiger partial charge in [0.2, 0.25) is 5.88 Å². The summed E-state index contributed by atoms with van der Waals surface area (Å²) in [5.74, 6) is 3.67. The molecule has 1 aromatic heterocycles. The van der Waals surface area contributed by atoms with E-state index in [9.17, 15) is 9.59 Å². The van der Waals surface area contributed by atoms with Crippen LogP contribution in [0.25, 0.3) is 0 Å². The van der Waals surface area contributed by atoms with Gasteiger partial charge in [-0.25, -0.2) is 4.98 Å². The van der Waals surface area contributed by atoms with E-state index >= 15 is 0 Å². The number of carbonyl (C=O) groups is 2. The average Bonchev–Trinajstić information content (AvgIpc) is 3.39. The Hall–Kier alpha value is -1.80. The normalized spacial score (nSPS) is 22.7. The second-order valence-corrected chi connectivity index (χ2v) is 6.93. The van der Waals surface area contributed by atoms with E-state index in [0.717, 1.165) is 24.8 Å². The highest BCUT2D eigenvalue weighted by molar-refractivity contribution is 8.13. The molecule has 0 spiro atoms. The first-order valence-electron chi connectivity index (χ1n) is 7.42. The van der Waals surface area contributed by atoms with E-state index in [1.807, 2.05) is 6.92 Å². The van der Waals surface area contributed by atoms with E-state index in [2.05, 4.69) is 10.9 Å². The number of terminal acetylenes is 1. The fourth-order valence-corrected chi connectivity index (χ4v) is 3.20. The molecule has 0 aromatic carbocycles. The molecular formula is C17H17NO3S. The molecule has 0 aliphatic heterocycles. The fraction of sp³-hybridized carbons (Fsp3) is 0.471. The summed E-state index contributed by atoms with van der Waals surface area (Å²) in [7, 11) is 0. The number of pyridine rings is 1. The van der Waals surface area contributed by atoms with E-state index in [0.29, 0.717) is 17.2 Å². The number of hydrogen-bond donors (Lipinski definition) is 0. The predicted octanol–water partition coefficient (Wildman–Crippen LogP) is 2.79.